The molecule has 9 heteroatoms. The standard InChI is InChI=1S/C73H133NO8/c1-6-8-10-12-14-16-18-20-22-24-26-28-30-32-34-35-36-38-39-41-43-45-47-49-51-53-55-57-59-61-63-70(75)80-67-69(68-81-73(72(77)78)79-66-65-74(3,4)5)82-71(76)64-62-60-58-56-54-52-50-48-46-44-42-40-37-33-31-29-27-25-23-21-19-17-15-13-11-9-7-2/h9,11,15,17,21,23,27,29,33,37,69,73H,6-8,10,12-14,16,18-20,22,24-26,28,30-32,34-36,38-68H2,1-5H3/b11-9-,17-15-,23-21-,29-27-,37-33-. The lowest BCUT2D eigenvalue weighted by atomic mass is 10.0. The molecule has 0 aliphatic carbocycles. The van der Waals surface area contributed by atoms with E-state index in [0.717, 1.165) is 77.0 Å². The van der Waals surface area contributed by atoms with Gasteiger partial charge in [0, 0.05) is 12.8 Å². The number of hydrogen-bond acceptors (Lipinski definition) is 8. The van der Waals surface area contributed by atoms with Crippen molar-refractivity contribution in [3.05, 3.63) is 60.8 Å². The molecule has 478 valence electrons. The number of likely N-dealkylation sites (N-methyl/N-ethyl adjacent to an activating group) is 1. The number of carbonyl (C=O) groups excluding carboxylic acids is 3. The minimum absolute atomic E-state index is 0.147. The number of hydrogen-bond donors (Lipinski definition) is 0. The quantitative estimate of drug-likeness (QED) is 0.0195. The predicted molar refractivity (Wildman–Crippen MR) is 348 cm³/mol. The van der Waals surface area contributed by atoms with Gasteiger partial charge in [0.1, 0.15) is 13.2 Å². The molecule has 0 saturated carbocycles. The van der Waals surface area contributed by atoms with E-state index >= 15 is 0 Å². The fraction of sp³-hybridized carbons (Fsp3) is 0.822. The molecule has 0 bridgehead atoms. The Morgan fingerprint density at radius 2 is 0.695 bits per heavy atom. The Kier molecular flexibility index (Phi) is 61.6. The third-order valence-corrected chi connectivity index (χ3v) is 15.5. The molecular weight excluding hydrogens is 1020 g/mol. The van der Waals surface area contributed by atoms with Gasteiger partial charge in [-0.1, -0.05) is 319 Å². The average molecular weight is 1150 g/mol. The van der Waals surface area contributed by atoms with Crippen LogP contribution in [0.25, 0.3) is 0 Å². The largest absolute Gasteiger partial charge is 0.545 e. The number of carboxylic acid groups (broad SMARTS) is 1. The summed E-state index contributed by atoms with van der Waals surface area (Å²) in [7, 11) is 5.94. The molecule has 0 N–H and O–H groups in total. The highest BCUT2D eigenvalue weighted by Gasteiger charge is 2.22. The Balaban J connectivity index is 4.09. The van der Waals surface area contributed by atoms with Crippen molar-refractivity contribution in [2.75, 3.05) is 47.5 Å². The van der Waals surface area contributed by atoms with Crippen LogP contribution in [-0.4, -0.2) is 82.3 Å². The van der Waals surface area contributed by atoms with Crippen LogP contribution < -0.4 is 5.11 Å². The maximum atomic E-state index is 12.9. The molecule has 0 saturated heterocycles. The maximum absolute atomic E-state index is 12.9. The molecule has 9 nitrogen and oxygen atoms in total. The number of carboxylic acids is 1. The Bertz CT molecular complexity index is 1530. The van der Waals surface area contributed by atoms with Crippen molar-refractivity contribution in [3.8, 4) is 0 Å². The second-order valence-corrected chi connectivity index (χ2v) is 24.8. The first-order valence-corrected chi connectivity index (χ1v) is 34.9. The first-order chi connectivity index (χ1) is 40.1. The fourth-order valence-electron chi connectivity index (χ4n) is 10.2. The number of unbranched alkanes of at least 4 members (excludes halogenated alkanes) is 40. The van der Waals surface area contributed by atoms with Gasteiger partial charge in [-0.25, -0.2) is 0 Å². The maximum Gasteiger partial charge on any atom is 0.306 e. The van der Waals surface area contributed by atoms with E-state index < -0.39 is 24.3 Å². The zero-order chi connectivity index (χ0) is 59.8. The summed E-state index contributed by atoms with van der Waals surface area (Å²) in [5.74, 6) is -2.27. The van der Waals surface area contributed by atoms with E-state index in [-0.39, 0.29) is 32.2 Å². The lowest BCUT2D eigenvalue weighted by Crippen LogP contribution is -2.44. The molecule has 2 atom stereocenters. The van der Waals surface area contributed by atoms with Gasteiger partial charge in [0.05, 0.1) is 40.3 Å². The second-order valence-electron chi connectivity index (χ2n) is 24.8. The molecule has 0 aliphatic rings. The van der Waals surface area contributed by atoms with Crippen molar-refractivity contribution in [2.24, 2.45) is 0 Å². The molecular formula is C73H133NO8. The zero-order valence-corrected chi connectivity index (χ0v) is 54.6. The fourth-order valence-corrected chi connectivity index (χ4v) is 10.2. The van der Waals surface area contributed by atoms with E-state index in [0.29, 0.717) is 23.9 Å². The number of ether oxygens (including phenoxy) is 4. The number of allylic oxidation sites excluding steroid dienone is 10. The molecule has 2 unspecified atom stereocenters. The number of quaternary nitrogens is 1. The molecule has 0 aliphatic heterocycles. The van der Waals surface area contributed by atoms with Gasteiger partial charge in [-0.15, -0.1) is 0 Å². The van der Waals surface area contributed by atoms with E-state index in [4.69, 9.17) is 18.9 Å². The number of nitrogens with zero attached hydrogens (tertiary/aromatic N) is 1. The molecule has 0 fully saturated rings. The highest BCUT2D eigenvalue weighted by Crippen LogP contribution is 2.18. The molecule has 0 radical (unpaired) electrons. The number of carbonyl (C=O) groups is 3. The second kappa shape index (κ2) is 64.0. The highest BCUT2D eigenvalue weighted by atomic mass is 16.7. The topological polar surface area (TPSA) is 111 Å². The van der Waals surface area contributed by atoms with Gasteiger partial charge >= 0.3 is 11.9 Å². The predicted octanol–water partition coefficient (Wildman–Crippen LogP) is 20.2. The normalized spacial score (nSPS) is 13.0. The van der Waals surface area contributed by atoms with Gasteiger partial charge in [-0.3, -0.25) is 9.59 Å². The summed E-state index contributed by atoms with van der Waals surface area (Å²) in [5, 5.41) is 11.8. The Hall–Kier alpha value is -3.01. The monoisotopic (exact) mass is 1150 g/mol. The van der Waals surface area contributed by atoms with Crippen LogP contribution in [-0.2, 0) is 33.3 Å². The van der Waals surface area contributed by atoms with Crippen molar-refractivity contribution in [1.82, 2.24) is 0 Å². The van der Waals surface area contributed by atoms with E-state index in [2.05, 4.69) is 74.6 Å². The first-order valence-electron chi connectivity index (χ1n) is 34.9. The summed E-state index contributed by atoms with van der Waals surface area (Å²) >= 11 is 0. The van der Waals surface area contributed by atoms with Crippen LogP contribution in [0.2, 0.25) is 0 Å². The Morgan fingerprint density at radius 3 is 1.04 bits per heavy atom. The molecule has 0 spiro atoms. The van der Waals surface area contributed by atoms with Crippen molar-refractivity contribution >= 4 is 17.9 Å². The van der Waals surface area contributed by atoms with Crippen LogP contribution in [0.1, 0.15) is 328 Å². The summed E-state index contributed by atoms with van der Waals surface area (Å²) in [6, 6.07) is 0. The third-order valence-electron chi connectivity index (χ3n) is 15.5. The average Bonchev–Trinajstić information content (AvgIpc) is 3.45. The Labute approximate surface area is 507 Å². The summed E-state index contributed by atoms with van der Waals surface area (Å²) < 4.78 is 22.8. The SMILES string of the molecule is CC/C=C\C/C=C\C/C=C\C/C=C\C/C=C\CCCCCCCCCCCCCC(=O)OC(COC(=O)CCCCCCCCCCCCCCCCCCCCCCCCCCCCCCCC)COC(OCC[N+](C)(C)C)C(=O)[O-]. The molecule has 0 aromatic rings. The lowest BCUT2D eigenvalue weighted by molar-refractivity contribution is -0.870. The lowest BCUT2D eigenvalue weighted by Gasteiger charge is -2.26. The van der Waals surface area contributed by atoms with Gasteiger partial charge in [-0.05, 0) is 57.8 Å². The van der Waals surface area contributed by atoms with Crippen molar-refractivity contribution in [1.29, 1.82) is 0 Å². The van der Waals surface area contributed by atoms with E-state index in [1.54, 1.807) is 0 Å². The number of rotatable bonds is 65. The first kappa shape index (κ1) is 79.0. The van der Waals surface area contributed by atoms with Gasteiger partial charge < -0.3 is 33.3 Å². The van der Waals surface area contributed by atoms with Gasteiger partial charge in [0.2, 0.25) is 0 Å². The van der Waals surface area contributed by atoms with Crippen LogP contribution in [0.15, 0.2) is 60.8 Å². The van der Waals surface area contributed by atoms with Gasteiger partial charge in [-0.2, -0.15) is 0 Å². The third kappa shape index (κ3) is 64.5. The van der Waals surface area contributed by atoms with E-state index in [1.165, 1.54) is 218 Å². The summed E-state index contributed by atoms with van der Waals surface area (Å²) in [6.45, 7) is 4.68. The van der Waals surface area contributed by atoms with Crippen molar-refractivity contribution < 1.29 is 42.9 Å². The van der Waals surface area contributed by atoms with E-state index in [1.807, 2.05) is 21.1 Å². The molecule has 0 amide bonds. The Morgan fingerprint density at radius 1 is 0.378 bits per heavy atom. The van der Waals surface area contributed by atoms with Crippen LogP contribution in [0.5, 0.6) is 0 Å². The zero-order valence-electron chi connectivity index (χ0n) is 54.6. The minimum atomic E-state index is -1.62. The molecule has 0 heterocycles. The molecule has 0 aromatic carbocycles. The molecule has 82 heavy (non-hydrogen) atoms. The van der Waals surface area contributed by atoms with Crippen LogP contribution in [0, 0.1) is 0 Å². The van der Waals surface area contributed by atoms with Crippen LogP contribution in [0.4, 0.5) is 0 Å². The van der Waals surface area contributed by atoms with Crippen LogP contribution in [0.3, 0.4) is 0 Å². The number of aliphatic carboxylic acids is 1. The van der Waals surface area contributed by atoms with Crippen LogP contribution >= 0.6 is 0 Å². The number of esters is 2. The van der Waals surface area contributed by atoms with Gasteiger partial charge in [0.15, 0.2) is 12.4 Å². The highest BCUT2D eigenvalue weighted by molar-refractivity contribution is 5.70. The summed E-state index contributed by atoms with van der Waals surface area (Å²) in [5.41, 5.74) is 0. The van der Waals surface area contributed by atoms with Gasteiger partial charge in [0.25, 0.3) is 0 Å². The molecule has 0 aromatic heterocycles. The van der Waals surface area contributed by atoms with Crippen molar-refractivity contribution in [3.63, 3.8) is 0 Å². The van der Waals surface area contributed by atoms with E-state index in [9.17, 15) is 19.5 Å². The summed E-state index contributed by atoms with van der Waals surface area (Å²) in [4.78, 5) is 37.5. The summed E-state index contributed by atoms with van der Waals surface area (Å²) in [6.07, 6.45) is 80.2. The smallest absolute Gasteiger partial charge is 0.306 e. The van der Waals surface area contributed by atoms with Crippen molar-refractivity contribution in [2.45, 2.75) is 341 Å². The molecule has 0 rings (SSSR count). The minimum Gasteiger partial charge on any atom is -0.545 e.